The van der Waals surface area contributed by atoms with E-state index in [9.17, 15) is 0 Å². The lowest BCUT2D eigenvalue weighted by Crippen LogP contribution is -2.41. The highest BCUT2D eigenvalue weighted by atomic mass is 15.1. The summed E-state index contributed by atoms with van der Waals surface area (Å²) in [5.74, 6) is 0. The molecule has 0 aromatic heterocycles. The van der Waals surface area contributed by atoms with Crippen LogP contribution in [0.25, 0.3) is 0 Å². The number of allylic oxidation sites excluding steroid dienone is 1. The number of nitrogens with two attached hydrogens (primary N) is 2. The van der Waals surface area contributed by atoms with E-state index in [0.29, 0.717) is 0 Å². The predicted molar refractivity (Wildman–Crippen MR) is 56.1 cm³/mol. The van der Waals surface area contributed by atoms with Crippen molar-refractivity contribution in [2.75, 3.05) is 20.6 Å². The van der Waals surface area contributed by atoms with Crippen LogP contribution in [0.3, 0.4) is 0 Å². The van der Waals surface area contributed by atoms with Gasteiger partial charge in [0, 0.05) is 11.2 Å². The maximum absolute atomic E-state index is 6.16. The second-order valence-corrected chi connectivity index (χ2v) is 4.03. The second kappa shape index (κ2) is 3.94. The fourth-order valence-corrected chi connectivity index (χ4v) is 1.32. The van der Waals surface area contributed by atoms with Gasteiger partial charge in [-0.3, -0.25) is 0 Å². The Morgan fingerprint density at radius 2 is 2.23 bits per heavy atom. The molecule has 74 valence electrons. The summed E-state index contributed by atoms with van der Waals surface area (Å²) in [5, 5.41) is 0. The van der Waals surface area contributed by atoms with Crippen molar-refractivity contribution >= 4 is 0 Å². The van der Waals surface area contributed by atoms with E-state index in [0.717, 1.165) is 25.1 Å². The Balaban J connectivity index is 2.46. The third kappa shape index (κ3) is 3.20. The molecule has 0 heterocycles. The lowest BCUT2D eigenvalue weighted by molar-refractivity contribution is 0.348. The van der Waals surface area contributed by atoms with Crippen LogP contribution in [0.2, 0.25) is 0 Å². The average molecular weight is 181 g/mol. The topological polar surface area (TPSA) is 55.3 Å². The van der Waals surface area contributed by atoms with Crippen LogP contribution in [0.1, 0.15) is 12.8 Å². The van der Waals surface area contributed by atoms with E-state index < -0.39 is 0 Å². The lowest BCUT2D eigenvalue weighted by atomic mass is 9.88. The van der Waals surface area contributed by atoms with Crippen molar-refractivity contribution in [1.82, 2.24) is 4.90 Å². The third-order valence-corrected chi connectivity index (χ3v) is 2.35. The van der Waals surface area contributed by atoms with E-state index in [4.69, 9.17) is 11.5 Å². The van der Waals surface area contributed by atoms with Gasteiger partial charge in [-0.05, 0) is 39.6 Å². The fraction of sp³-hybridized carbons (Fsp3) is 0.600. The summed E-state index contributed by atoms with van der Waals surface area (Å²) in [6.07, 6.45) is 7.74. The molecule has 0 aliphatic heterocycles. The summed E-state index contributed by atoms with van der Waals surface area (Å²) in [5.41, 5.74) is 12.4. The Morgan fingerprint density at radius 1 is 1.54 bits per heavy atom. The van der Waals surface area contributed by atoms with Gasteiger partial charge >= 0.3 is 0 Å². The zero-order chi connectivity index (χ0) is 9.90. The quantitative estimate of drug-likeness (QED) is 0.664. The van der Waals surface area contributed by atoms with Gasteiger partial charge in [0.1, 0.15) is 0 Å². The SMILES string of the molecule is CN(C)CCC1(N)C=CC(N)=CC1. The highest BCUT2D eigenvalue weighted by Gasteiger charge is 2.22. The first kappa shape index (κ1) is 10.3. The Bertz CT molecular complexity index is 230. The van der Waals surface area contributed by atoms with E-state index in [1.807, 2.05) is 18.2 Å². The molecule has 0 bridgehead atoms. The zero-order valence-corrected chi connectivity index (χ0v) is 8.46. The zero-order valence-electron chi connectivity index (χ0n) is 8.46. The van der Waals surface area contributed by atoms with E-state index in [1.54, 1.807) is 0 Å². The van der Waals surface area contributed by atoms with Crippen molar-refractivity contribution in [3.63, 3.8) is 0 Å². The van der Waals surface area contributed by atoms with E-state index in [1.165, 1.54) is 0 Å². The maximum atomic E-state index is 6.16. The number of hydrogen-bond donors (Lipinski definition) is 2. The molecule has 0 aromatic rings. The van der Waals surface area contributed by atoms with E-state index in [2.05, 4.69) is 19.0 Å². The van der Waals surface area contributed by atoms with Gasteiger partial charge in [0.2, 0.25) is 0 Å². The smallest absolute Gasteiger partial charge is 0.0390 e. The van der Waals surface area contributed by atoms with Crippen molar-refractivity contribution in [3.05, 3.63) is 23.9 Å². The van der Waals surface area contributed by atoms with Gasteiger partial charge in [0.05, 0.1) is 0 Å². The Hall–Kier alpha value is -0.800. The van der Waals surface area contributed by atoms with Gasteiger partial charge in [-0.15, -0.1) is 0 Å². The first-order valence-corrected chi connectivity index (χ1v) is 4.60. The van der Waals surface area contributed by atoms with E-state index in [-0.39, 0.29) is 5.54 Å². The van der Waals surface area contributed by atoms with Crippen LogP contribution in [0.15, 0.2) is 23.9 Å². The van der Waals surface area contributed by atoms with E-state index >= 15 is 0 Å². The van der Waals surface area contributed by atoms with Crippen LogP contribution >= 0.6 is 0 Å². The summed E-state index contributed by atoms with van der Waals surface area (Å²) in [6, 6.07) is 0. The van der Waals surface area contributed by atoms with Crippen molar-refractivity contribution in [2.45, 2.75) is 18.4 Å². The molecule has 1 aliphatic carbocycles. The summed E-state index contributed by atoms with van der Waals surface area (Å²) in [7, 11) is 4.11. The Labute approximate surface area is 80.1 Å². The highest BCUT2D eigenvalue weighted by molar-refractivity contribution is 5.26. The fourth-order valence-electron chi connectivity index (χ4n) is 1.32. The van der Waals surface area contributed by atoms with Gasteiger partial charge in [-0.1, -0.05) is 12.2 Å². The largest absolute Gasteiger partial charge is 0.399 e. The van der Waals surface area contributed by atoms with Crippen molar-refractivity contribution in [2.24, 2.45) is 11.5 Å². The molecule has 13 heavy (non-hydrogen) atoms. The lowest BCUT2D eigenvalue weighted by Gasteiger charge is -2.28. The molecule has 1 aliphatic rings. The molecule has 0 saturated heterocycles. The molecule has 0 spiro atoms. The monoisotopic (exact) mass is 181 g/mol. The molecule has 1 atom stereocenters. The number of rotatable bonds is 3. The minimum atomic E-state index is -0.187. The molecule has 0 fully saturated rings. The average Bonchev–Trinajstić information content (AvgIpc) is 2.08. The molecule has 0 saturated carbocycles. The molecule has 0 radical (unpaired) electrons. The number of nitrogens with zero attached hydrogens (tertiary/aromatic N) is 1. The molecule has 0 amide bonds. The molecule has 4 N–H and O–H groups in total. The molecule has 1 rings (SSSR count). The van der Waals surface area contributed by atoms with Crippen molar-refractivity contribution < 1.29 is 0 Å². The highest BCUT2D eigenvalue weighted by Crippen LogP contribution is 2.20. The second-order valence-electron chi connectivity index (χ2n) is 4.03. The maximum Gasteiger partial charge on any atom is 0.0390 e. The van der Waals surface area contributed by atoms with Gasteiger partial charge < -0.3 is 16.4 Å². The summed E-state index contributed by atoms with van der Waals surface area (Å²) < 4.78 is 0. The van der Waals surface area contributed by atoms with Gasteiger partial charge in [-0.25, -0.2) is 0 Å². The third-order valence-electron chi connectivity index (χ3n) is 2.35. The minimum absolute atomic E-state index is 0.187. The minimum Gasteiger partial charge on any atom is -0.399 e. The van der Waals surface area contributed by atoms with Gasteiger partial charge in [0.15, 0.2) is 0 Å². The molecule has 0 aromatic carbocycles. The Morgan fingerprint density at radius 3 is 2.69 bits per heavy atom. The summed E-state index contributed by atoms with van der Waals surface area (Å²) in [4.78, 5) is 2.14. The normalized spacial score (nSPS) is 27.8. The van der Waals surface area contributed by atoms with Gasteiger partial charge in [0.25, 0.3) is 0 Å². The predicted octanol–water partition coefficient (Wildman–Crippen LogP) is 0.438. The molecule has 1 unspecified atom stereocenters. The summed E-state index contributed by atoms with van der Waals surface area (Å²) in [6.45, 7) is 1.01. The van der Waals surface area contributed by atoms with Crippen LogP contribution in [0.4, 0.5) is 0 Å². The first-order valence-electron chi connectivity index (χ1n) is 4.60. The first-order chi connectivity index (χ1) is 6.02. The number of hydrogen-bond acceptors (Lipinski definition) is 3. The molecule has 3 heteroatoms. The van der Waals surface area contributed by atoms with Crippen LogP contribution < -0.4 is 11.5 Å². The van der Waals surface area contributed by atoms with Crippen LogP contribution in [-0.2, 0) is 0 Å². The Kier molecular flexibility index (Phi) is 3.12. The standard InChI is InChI=1S/C10H19N3/c1-13(2)8-7-10(12)5-3-9(11)4-6-10/h3-5H,6-8,11-12H2,1-2H3. The summed E-state index contributed by atoms with van der Waals surface area (Å²) >= 11 is 0. The van der Waals surface area contributed by atoms with Crippen molar-refractivity contribution in [3.8, 4) is 0 Å². The van der Waals surface area contributed by atoms with Crippen LogP contribution in [-0.4, -0.2) is 31.1 Å². The van der Waals surface area contributed by atoms with Crippen molar-refractivity contribution in [1.29, 1.82) is 0 Å². The van der Waals surface area contributed by atoms with Crippen LogP contribution in [0, 0.1) is 0 Å². The van der Waals surface area contributed by atoms with Gasteiger partial charge in [-0.2, -0.15) is 0 Å². The molecular formula is C10H19N3. The molecule has 3 nitrogen and oxygen atoms in total. The van der Waals surface area contributed by atoms with Crippen LogP contribution in [0.5, 0.6) is 0 Å². The molecular weight excluding hydrogens is 162 g/mol.